The van der Waals surface area contributed by atoms with Gasteiger partial charge in [-0.15, -0.1) is 0 Å². The van der Waals surface area contributed by atoms with Crippen molar-refractivity contribution >= 4 is 5.78 Å². The molecule has 0 aliphatic carbocycles. The Kier molecular flexibility index (Phi) is 4.18. The number of carbonyl (C=O) groups is 1. The van der Waals surface area contributed by atoms with E-state index < -0.39 is 0 Å². The van der Waals surface area contributed by atoms with Gasteiger partial charge in [0, 0.05) is 11.6 Å². The second-order valence-corrected chi connectivity index (χ2v) is 4.94. The Morgan fingerprint density at radius 3 is 2.35 bits per heavy atom. The van der Waals surface area contributed by atoms with Crippen LogP contribution in [0.25, 0.3) is 0 Å². The summed E-state index contributed by atoms with van der Waals surface area (Å²) in [4.78, 5) is 12.2. The van der Waals surface area contributed by atoms with Gasteiger partial charge < -0.3 is 4.74 Å². The summed E-state index contributed by atoms with van der Waals surface area (Å²) in [7, 11) is 0. The highest BCUT2D eigenvalue weighted by Crippen LogP contribution is 2.18. The van der Waals surface area contributed by atoms with Crippen LogP contribution in [0.5, 0.6) is 5.75 Å². The highest BCUT2D eigenvalue weighted by molar-refractivity contribution is 6.00. The summed E-state index contributed by atoms with van der Waals surface area (Å²) < 4.78 is 18.4. The monoisotopic (exact) mass is 272 g/mol. The molecular weight excluding hydrogens is 255 g/mol. The van der Waals surface area contributed by atoms with Crippen molar-refractivity contribution in [3.8, 4) is 5.75 Å². The van der Waals surface area contributed by atoms with Crippen molar-refractivity contribution in [2.75, 3.05) is 6.61 Å². The standard InChI is InChI=1S/C17H17FO2/c1-11-7-12(2)17(13(3)8-11)16(19)10-20-15-6-4-5-14(18)9-15/h4-9H,10H2,1-3H3. The van der Waals surface area contributed by atoms with Gasteiger partial charge in [0.1, 0.15) is 11.6 Å². The van der Waals surface area contributed by atoms with Crippen molar-refractivity contribution in [2.24, 2.45) is 0 Å². The number of hydrogen-bond donors (Lipinski definition) is 0. The molecule has 0 unspecified atom stereocenters. The molecule has 0 atom stereocenters. The van der Waals surface area contributed by atoms with E-state index in [9.17, 15) is 9.18 Å². The number of aryl methyl sites for hydroxylation is 3. The molecule has 0 heterocycles. The first-order valence-corrected chi connectivity index (χ1v) is 6.47. The van der Waals surface area contributed by atoms with E-state index in [1.54, 1.807) is 12.1 Å². The van der Waals surface area contributed by atoms with Crippen molar-refractivity contribution < 1.29 is 13.9 Å². The molecule has 0 aromatic heterocycles. The van der Waals surface area contributed by atoms with Crippen LogP contribution in [0.15, 0.2) is 36.4 Å². The minimum Gasteiger partial charge on any atom is -0.485 e. The summed E-state index contributed by atoms with van der Waals surface area (Å²) in [5, 5.41) is 0. The Bertz CT molecular complexity index is 624. The number of carbonyl (C=O) groups excluding carboxylic acids is 1. The number of rotatable bonds is 4. The van der Waals surface area contributed by atoms with Crippen LogP contribution in [0.2, 0.25) is 0 Å². The van der Waals surface area contributed by atoms with E-state index in [0.717, 1.165) is 16.7 Å². The number of Topliss-reactive ketones (excluding diaryl/α,β-unsaturated/α-hetero) is 1. The zero-order valence-corrected chi connectivity index (χ0v) is 11.9. The zero-order chi connectivity index (χ0) is 14.7. The molecule has 2 nitrogen and oxygen atoms in total. The molecule has 0 N–H and O–H groups in total. The van der Waals surface area contributed by atoms with Crippen LogP contribution < -0.4 is 4.74 Å². The summed E-state index contributed by atoms with van der Waals surface area (Å²) in [5.74, 6) is -0.109. The Morgan fingerprint density at radius 2 is 1.75 bits per heavy atom. The molecule has 20 heavy (non-hydrogen) atoms. The van der Waals surface area contributed by atoms with Crippen LogP contribution in [0, 0.1) is 26.6 Å². The smallest absolute Gasteiger partial charge is 0.200 e. The van der Waals surface area contributed by atoms with Crippen LogP contribution in [-0.2, 0) is 0 Å². The van der Waals surface area contributed by atoms with Crippen LogP contribution in [0.3, 0.4) is 0 Å². The molecule has 0 radical (unpaired) electrons. The van der Waals surface area contributed by atoms with Gasteiger partial charge in [-0.2, -0.15) is 0 Å². The van der Waals surface area contributed by atoms with E-state index in [1.165, 1.54) is 12.1 Å². The maximum atomic E-state index is 13.0. The van der Waals surface area contributed by atoms with Crippen LogP contribution in [-0.4, -0.2) is 12.4 Å². The minimum absolute atomic E-state index is 0.0891. The van der Waals surface area contributed by atoms with Gasteiger partial charge in [-0.1, -0.05) is 23.8 Å². The molecule has 3 heteroatoms. The van der Waals surface area contributed by atoms with Gasteiger partial charge in [-0.3, -0.25) is 4.79 Å². The van der Waals surface area contributed by atoms with Gasteiger partial charge in [0.05, 0.1) is 0 Å². The predicted octanol–water partition coefficient (Wildman–Crippen LogP) is 4.01. The number of ketones is 1. The first kappa shape index (κ1) is 14.3. The van der Waals surface area contributed by atoms with Crippen molar-refractivity contribution in [1.82, 2.24) is 0 Å². The topological polar surface area (TPSA) is 26.3 Å². The predicted molar refractivity (Wildman–Crippen MR) is 76.9 cm³/mol. The Labute approximate surface area is 118 Å². The fourth-order valence-electron chi connectivity index (χ4n) is 2.40. The van der Waals surface area contributed by atoms with Gasteiger partial charge in [-0.25, -0.2) is 4.39 Å². The SMILES string of the molecule is Cc1cc(C)c(C(=O)COc2cccc(F)c2)c(C)c1. The molecule has 2 aromatic rings. The van der Waals surface area contributed by atoms with Gasteiger partial charge in [0.2, 0.25) is 5.78 Å². The number of ether oxygens (including phenoxy) is 1. The summed E-state index contributed by atoms with van der Waals surface area (Å²) in [6.45, 7) is 5.73. The summed E-state index contributed by atoms with van der Waals surface area (Å²) in [6, 6.07) is 9.73. The molecular formula is C17H17FO2. The van der Waals surface area contributed by atoms with E-state index in [2.05, 4.69) is 0 Å². The van der Waals surface area contributed by atoms with Crippen molar-refractivity contribution in [3.05, 3.63) is 64.5 Å². The van der Waals surface area contributed by atoms with Gasteiger partial charge in [0.15, 0.2) is 6.61 Å². The average molecular weight is 272 g/mol. The Hall–Kier alpha value is -2.16. The third-order valence-electron chi connectivity index (χ3n) is 3.12. The molecule has 2 aromatic carbocycles. The highest BCUT2D eigenvalue weighted by Gasteiger charge is 2.13. The van der Waals surface area contributed by atoms with E-state index in [1.807, 2.05) is 32.9 Å². The average Bonchev–Trinajstić information content (AvgIpc) is 2.35. The lowest BCUT2D eigenvalue weighted by Crippen LogP contribution is -2.14. The minimum atomic E-state index is -0.377. The Morgan fingerprint density at radius 1 is 1.10 bits per heavy atom. The lowest BCUT2D eigenvalue weighted by Gasteiger charge is -2.11. The molecule has 0 amide bonds. The van der Waals surface area contributed by atoms with Gasteiger partial charge in [0.25, 0.3) is 0 Å². The molecule has 0 saturated carbocycles. The first-order valence-electron chi connectivity index (χ1n) is 6.47. The molecule has 0 aliphatic rings. The summed E-state index contributed by atoms with van der Waals surface area (Å²) in [6.07, 6.45) is 0. The largest absolute Gasteiger partial charge is 0.485 e. The number of hydrogen-bond acceptors (Lipinski definition) is 2. The van der Waals surface area contributed by atoms with Crippen molar-refractivity contribution in [2.45, 2.75) is 20.8 Å². The second-order valence-electron chi connectivity index (χ2n) is 4.94. The highest BCUT2D eigenvalue weighted by atomic mass is 19.1. The molecule has 0 spiro atoms. The van der Waals surface area contributed by atoms with Crippen molar-refractivity contribution in [1.29, 1.82) is 0 Å². The fourth-order valence-corrected chi connectivity index (χ4v) is 2.40. The lowest BCUT2D eigenvalue weighted by atomic mass is 9.97. The van der Waals surface area contributed by atoms with Crippen molar-refractivity contribution in [3.63, 3.8) is 0 Å². The maximum absolute atomic E-state index is 13.0. The van der Waals surface area contributed by atoms with E-state index in [-0.39, 0.29) is 18.2 Å². The summed E-state index contributed by atoms with van der Waals surface area (Å²) in [5.41, 5.74) is 3.69. The normalized spacial score (nSPS) is 10.4. The van der Waals surface area contributed by atoms with Crippen LogP contribution in [0.1, 0.15) is 27.0 Å². The lowest BCUT2D eigenvalue weighted by molar-refractivity contribution is 0.0920. The van der Waals surface area contributed by atoms with Gasteiger partial charge >= 0.3 is 0 Å². The van der Waals surface area contributed by atoms with E-state index in [0.29, 0.717) is 11.3 Å². The number of halogens is 1. The van der Waals surface area contributed by atoms with Crippen LogP contribution in [0.4, 0.5) is 4.39 Å². The maximum Gasteiger partial charge on any atom is 0.200 e. The molecule has 0 fully saturated rings. The first-order chi connectivity index (χ1) is 9.47. The third kappa shape index (κ3) is 3.23. The molecule has 104 valence electrons. The second kappa shape index (κ2) is 5.87. The molecule has 0 bridgehead atoms. The van der Waals surface area contributed by atoms with Crippen LogP contribution >= 0.6 is 0 Å². The molecule has 2 rings (SSSR count). The number of benzene rings is 2. The summed E-state index contributed by atoms with van der Waals surface area (Å²) >= 11 is 0. The van der Waals surface area contributed by atoms with E-state index in [4.69, 9.17) is 4.74 Å². The Balaban J connectivity index is 2.13. The third-order valence-corrected chi connectivity index (χ3v) is 3.12. The zero-order valence-electron chi connectivity index (χ0n) is 11.9. The quantitative estimate of drug-likeness (QED) is 0.786. The van der Waals surface area contributed by atoms with E-state index >= 15 is 0 Å². The molecule has 0 aliphatic heterocycles. The molecule has 0 saturated heterocycles. The van der Waals surface area contributed by atoms with Gasteiger partial charge in [-0.05, 0) is 44.0 Å². The fraction of sp³-hybridized carbons (Fsp3) is 0.235.